The second kappa shape index (κ2) is 6.54. The second-order valence-electron chi connectivity index (χ2n) is 4.16. The molecule has 6 heteroatoms. The Labute approximate surface area is 97.8 Å². The van der Waals surface area contributed by atoms with Crippen molar-refractivity contribution in [2.75, 3.05) is 19.8 Å². The van der Waals surface area contributed by atoms with Crippen LogP contribution in [0.5, 0.6) is 0 Å². The maximum Gasteiger partial charge on any atom is 0.214 e. The lowest BCUT2D eigenvalue weighted by Crippen LogP contribution is -2.43. The molecule has 3 N–H and O–H groups in total. The molecule has 96 valence electrons. The number of nitrogens with one attached hydrogen (secondary N) is 1. The van der Waals surface area contributed by atoms with E-state index in [4.69, 9.17) is 10.5 Å². The van der Waals surface area contributed by atoms with Gasteiger partial charge >= 0.3 is 0 Å². The van der Waals surface area contributed by atoms with Crippen molar-refractivity contribution >= 4 is 10.0 Å². The molecule has 5 nitrogen and oxygen atoms in total. The Morgan fingerprint density at radius 2 is 2.06 bits per heavy atom. The summed E-state index contributed by atoms with van der Waals surface area (Å²) in [6.07, 6.45) is 2.65. The summed E-state index contributed by atoms with van der Waals surface area (Å²) in [7, 11) is -3.20. The number of nitrogens with two attached hydrogens (primary N) is 1. The smallest absolute Gasteiger partial charge is 0.214 e. The monoisotopic (exact) mass is 250 g/mol. The summed E-state index contributed by atoms with van der Waals surface area (Å²) in [5, 5.41) is -0.298. The van der Waals surface area contributed by atoms with Crippen molar-refractivity contribution in [2.24, 2.45) is 5.73 Å². The molecule has 1 unspecified atom stereocenters. The lowest BCUT2D eigenvalue weighted by atomic mass is 10.2. The third kappa shape index (κ3) is 4.01. The summed E-state index contributed by atoms with van der Waals surface area (Å²) in [4.78, 5) is 0. The Bertz CT molecular complexity index is 286. The minimum Gasteiger partial charge on any atom is -0.381 e. The highest BCUT2D eigenvalue weighted by Gasteiger charge is 2.29. The average Bonchev–Trinajstić information content (AvgIpc) is 2.29. The van der Waals surface area contributed by atoms with Gasteiger partial charge in [0, 0.05) is 19.3 Å². The quantitative estimate of drug-likeness (QED) is 0.706. The van der Waals surface area contributed by atoms with E-state index >= 15 is 0 Å². The molecular formula is C10H22N2O3S. The molecule has 1 aliphatic rings. The standard InChI is InChI=1S/C10H22N2O3S/c1-2-9(3-6-11)12-16(13,14)10-4-7-15-8-5-10/h9-10,12H,2-8,11H2,1H3. The second-order valence-corrected chi connectivity index (χ2v) is 6.15. The van der Waals surface area contributed by atoms with Crippen molar-refractivity contribution in [3.05, 3.63) is 0 Å². The van der Waals surface area contributed by atoms with Gasteiger partial charge in [-0.05, 0) is 32.2 Å². The molecule has 1 saturated heterocycles. The van der Waals surface area contributed by atoms with Crippen LogP contribution in [0.2, 0.25) is 0 Å². The van der Waals surface area contributed by atoms with E-state index in [0.717, 1.165) is 6.42 Å². The van der Waals surface area contributed by atoms with Crippen LogP contribution in [0, 0.1) is 0 Å². The first kappa shape index (κ1) is 13.9. The lowest BCUT2D eigenvalue weighted by Gasteiger charge is -2.25. The molecule has 0 aromatic heterocycles. The Balaban J connectivity index is 2.54. The molecule has 0 spiro atoms. The zero-order valence-corrected chi connectivity index (χ0v) is 10.6. The molecule has 0 aromatic rings. The van der Waals surface area contributed by atoms with E-state index in [1.165, 1.54) is 0 Å². The molecule has 16 heavy (non-hydrogen) atoms. The number of rotatable bonds is 6. The zero-order chi connectivity index (χ0) is 12.0. The number of hydrogen-bond acceptors (Lipinski definition) is 4. The third-order valence-corrected chi connectivity index (χ3v) is 4.96. The maximum atomic E-state index is 12.0. The van der Waals surface area contributed by atoms with Crippen LogP contribution in [0.3, 0.4) is 0 Å². The van der Waals surface area contributed by atoms with Gasteiger partial charge in [0.15, 0.2) is 0 Å². The van der Waals surface area contributed by atoms with E-state index in [9.17, 15) is 8.42 Å². The molecule has 1 heterocycles. The summed E-state index contributed by atoms with van der Waals surface area (Å²) in [5.41, 5.74) is 5.45. The van der Waals surface area contributed by atoms with Crippen LogP contribution < -0.4 is 10.5 Å². The largest absolute Gasteiger partial charge is 0.381 e. The Kier molecular flexibility index (Phi) is 5.68. The Morgan fingerprint density at radius 3 is 2.56 bits per heavy atom. The SMILES string of the molecule is CCC(CCN)NS(=O)(=O)C1CCOCC1. The molecule has 1 aliphatic heterocycles. The summed E-state index contributed by atoms with van der Waals surface area (Å²) in [6, 6.07) is -0.0298. The van der Waals surface area contributed by atoms with Crippen LogP contribution in [0.25, 0.3) is 0 Å². The molecule has 0 radical (unpaired) electrons. The molecule has 0 aromatic carbocycles. The van der Waals surface area contributed by atoms with Gasteiger partial charge in [-0.3, -0.25) is 0 Å². The molecule has 0 bridgehead atoms. The van der Waals surface area contributed by atoms with Crippen molar-refractivity contribution in [3.63, 3.8) is 0 Å². The van der Waals surface area contributed by atoms with Gasteiger partial charge in [0.2, 0.25) is 10.0 Å². The summed E-state index contributed by atoms with van der Waals surface area (Å²) >= 11 is 0. The highest BCUT2D eigenvalue weighted by atomic mass is 32.2. The normalized spacial score (nSPS) is 20.9. The number of ether oxygens (including phenoxy) is 1. The van der Waals surface area contributed by atoms with Gasteiger partial charge in [-0.1, -0.05) is 6.92 Å². The van der Waals surface area contributed by atoms with Crippen LogP contribution in [-0.4, -0.2) is 39.5 Å². The van der Waals surface area contributed by atoms with Crippen LogP contribution in [0.1, 0.15) is 32.6 Å². The Morgan fingerprint density at radius 1 is 1.44 bits per heavy atom. The fraction of sp³-hybridized carbons (Fsp3) is 1.00. The predicted molar refractivity (Wildman–Crippen MR) is 63.6 cm³/mol. The molecule has 0 amide bonds. The maximum absolute atomic E-state index is 12.0. The van der Waals surface area contributed by atoms with Crippen molar-refractivity contribution in [3.8, 4) is 0 Å². The molecule has 1 fully saturated rings. The highest BCUT2D eigenvalue weighted by Crippen LogP contribution is 2.15. The van der Waals surface area contributed by atoms with E-state index in [-0.39, 0.29) is 11.3 Å². The number of hydrogen-bond donors (Lipinski definition) is 2. The summed E-state index contributed by atoms with van der Waals surface area (Å²) < 4.78 is 32.0. The molecule has 0 saturated carbocycles. The number of sulfonamides is 1. The lowest BCUT2D eigenvalue weighted by molar-refractivity contribution is 0.0980. The van der Waals surface area contributed by atoms with Gasteiger partial charge in [0.05, 0.1) is 5.25 Å². The van der Waals surface area contributed by atoms with E-state index in [0.29, 0.717) is 39.0 Å². The first-order chi connectivity index (χ1) is 7.60. The van der Waals surface area contributed by atoms with Crippen molar-refractivity contribution in [2.45, 2.75) is 43.9 Å². The van der Waals surface area contributed by atoms with Gasteiger partial charge < -0.3 is 10.5 Å². The molecule has 1 rings (SSSR count). The van der Waals surface area contributed by atoms with Crippen LogP contribution in [0.4, 0.5) is 0 Å². The Hall–Kier alpha value is -0.170. The van der Waals surface area contributed by atoms with E-state index in [1.807, 2.05) is 6.92 Å². The van der Waals surface area contributed by atoms with Crippen molar-refractivity contribution in [1.29, 1.82) is 0 Å². The van der Waals surface area contributed by atoms with Gasteiger partial charge in [0.1, 0.15) is 0 Å². The first-order valence-electron chi connectivity index (χ1n) is 5.89. The topological polar surface area (TPSA) is 81.4 Å². The van der Waals surface area contributed by atoms with Gasteiger partial charge in [-0.2, -0.15) is 0 Å². The average molecular weight is 250 g/mol. The van der Waals surface area contributed by atoms with E-state index < -0.39 is 10.0 Å². The van der Waals surface area contributed by atoms with Gasteiger partial charge in [-0.25, -0.2) is 13.1 Å². The minimum atomic E-state index is -3.20. The minimum absolute atomic E-state index is 0.0298. The zero-order valence-electron chi connectivity index (χ0n) is 9.81. The van der Waals surface area contributed by atoms with Crippen LogP contribution >= 0.6 is 0 Å². The van der Waals surface area contributed by atoms with E-state index in [2.05, 4.69) is 4.72 Å². The summed E-state index contributed by atoms with van der Waals surface area (Å²) in [5.74, 6) is 0. The predicted octanol–water partition coefficient (Wildman–Crippen LogP) is 0.212. The molecular weight excluding hydrogens is 228 g/mol. The van der Waals surface area contributed by atoms with Crippen molar-refractivity contribution < 1.29 is 13.2 Å². The summed E-state index contributed by atoms with van der Waals surface area (Å²) in [6.45, 7) is 3.56. The fourth-order valence-corrected chi connectivity index (χ4v) is 3.62. The molecule has 0 aliphatic carbocycles. The fourth-order valence-electron chi connectivity index (χ4n) is 1.86. The van der Waals surface area contributed by atoms with E-state index in [1.54, 1.807) is 0 Å². The van der Waals surface area contributed by atoms with Crippen LogP contribution in [0.15, 0.2) is 0 Å². The first-order valence-corrected chi connectivity index (χ1v) is 7.43. The van der Waals surface area contributed by atoms with Gasteiger partial charge in [0.25, 0.3) is 0 Å². The molecule has 1 atom stereocenters. The third-order valence-electron chi connectivity index (χ3n) is 2.95. The van der Waals surface area contributed by atoms with Gasteiger partial charge in [-0.15, -0.1) is 0 Å². The highest BCUT2D eigenvalue weighted by molar-refractivity contribution is 7.90. The van der Waals surface area contributed by atoms with Crippen LogP contribution in [-0.2, 0) is 14.8 Å². The van der Waals surface area contributed by atoms with Crippen molar-refractivity contribution in [1.82, 2.24) is 4.72 Å².